The van der Waals surface area contributed by atoms with Gasteiger partial charge < -0.3 is 0 Å². The van der Waals surface area contributed by atoms with E-state index in [9.17, 15) is 0 Å². The summed E-state index contributed by atoms with van der Waals surface area (Å²) in [5.41, 5.74) is 11.2. The van der Waals surface area contributed by atoms with Crippen molar-refractivity contribution in [3.63, 3.8) is 0 Å². The minimum absolute atomic E-state index is 1.09. The Bertz CT molecular complexity index is 1350. The molecule has 0 amide bonds. The summed E-state index contributed by atoms with van der Waals surface area (Å²) in [5.74, 6) is 0. The molecule has 170 valence electrons. The Morgan fingerprint density at radius 1 is 0.278 bits per heavy atom. The van der Waals surface area contributed by atoms with Gasteiger partial charge in [0.05, 0.1) is 0 Å². The second-order valence-corrected chi connectivity index (χ2v) is 8.68. The van der Waals surface area contributed by atoms with Gasteiger partial charge in [-0.25, -0.2) is 0 Å². The van der Waals surface area contributed by atoms with Crippen molar-refractivity contribution in [3.8, 4) is 55.6 Å². The van der Waals surface area contributed by atoms with Crippen LogP contribution in [0, 0.1) is 0 Å². The molecule has 0 saturated carbocycles. The van der Waals surface area contributed by atoms with Crippen LogP contribution in [0.5, 0.6) is 0 Å². The van der Waals surface area contributed by atoms with Gasteiger partial charge in [-0.15, -0.1) is 0 Å². The van der Waals surface area contributed by atoms with E-state index in [1.165, 1.54) is 0 Å². The third kappa shape index (κ3) is 4.10. The largest absolute Gasteiger partial charge is 0.263 e. The first-order chi connectivity index (χ1) is 17.9. The lowest BCUT2D eigenvalue weighted by molar-refractivity contribution is 1.31. The molecule has 6 aromatic rings. The van der Waals surface area contributed by atoms with E-state index in [0.29, 0.717) is 0 Å². The van der Waals surface area contributed by atoms with Crippen LogP contribution in [0.25, 0.3) is 55.6 Å². The van der Waals surface area contributed by atoms with E-state index in [1.54, 1.807) is 0 Å². The number of nitrogens with zero attached hydrogens (tertiary/aromatic N) is 2. The average Bonchev–Trinajstić information content (AvgIpc) is 2.98. The van der Waals surface area contributed by atoms with Crippen LogP contribution in [0.15, 0.2) is 146 Å². The number of hydrogen-bond donors (Lipinski definition) is 0. The second kappa shape index (κ2) is 9.81. The molecule has 0 atom stereocenters. The molecule has 2 aromatic heterocycles. The van der Waals surface area contributed by atoms with Crippen LogP contribution in [0.3, 0.4) is 0 Å². The summed E-state index contributed by atoms with van der Waals surface area (Å²) in [6.45, 7) is 0. The van der Waals surface area contributed by atoms with Crippen molar-refractivity contribution in [2.75, 3.05) is 0 Å². The van der Waals surface area contributed by atoms with Gasteiger partial charge in [-0.1, -0.05) is 121 Å². The Labute approximate surface area is 211 Å². The van der Waals surface area contributed by atoms with Crippen molar-refractivity contribution in [2.24, 2.45) is 0 Å². The maximum atomic E-state index is 4.71. The molecule has 2 heterocycles. The highest BCUT2D eigenvalue weighted by Crippen LogP contribution is 2.47. The van der Waals surface area contributed by atoms with Crippen molar-refractivity contribution in [1.82, 2.24) is 9.97 Å². The standard InChI is InChI=1S/C34H24N2/c1-5-13-25(14-6-1)29-21-35-22-30(26-15-7-2-8-16-26)33(29)34-31(27-17-9-3-10-18-27)23-36-24-32(34)28-19-11-4-12-20-28/h1-24H. The zero-order chi connectivity index (χ0) is 24.2. The van der Waals surface area contributed by atoms with Crippen LogP contribution in [-0.4, -0.2) is 9.97 Å². The van der Waals surface area contributed by atoms with Gasteiger partial charge >= 0.3 is 0 Å². The summed E-state index contributed by atoms with van der Waals surface area (Å²) in [6.07, 6.45) is 7.95. The molecule has 0 aliphatic heterocycles. The zero-order valence-electron chi connectivity index (χ0n) is 19.8. The van der Waals surface area contributed by atoms with Gasteiger partial charge in [0.2, 0.25) is 0 Å². The fraction of sp³-hybridized carbons (Fsp3) is 0. The van der Waals surface area contributed by atoms with Crippen LogP contribution in [-0.2, 0) is 0 Å². The van der Waals surface area contributed by atoms with Crippen molar-refractivity contribution in [2.45, 2.75) is 0 Å². The van der Waals surface area contributed by atoms with Crippen molar-refractivity contribution in [1.29, 1.82) is 0 Å². The second-order valence-electron chi connectivity index (χ2n) is 8.68. The summed E-state index contributed by atoms with van der Waals surface area (Å²) in [7, 11) is 0. The predicted molar refractivity (Wildman–Crippen MR) is 149 cm³/mol. The summed E-state index contributed by atoms with van der Waals surface area (Å²) >= 11 is 0. The fourth-order valence-electron chi connectivity index (χ4n) is 4.81. The minimum Gasteiger partial charge on any atom is -0.263 e. The molecule has 0 fully saturated rings. The molecule has 0 bridgehead atoms. The fourth-order valence-corrected chi connectivity index (χ4v) is 4.81. The van der Waals surface area contributed by atoms with Crippen LogP contribution < -0.4 is 0 Å². The van der Waals surface area contributed by atoms with Crippen LogP contribution >= 0.6 is 0 Å². The highest BCUT2D eigenvalue weighted by atomic mass is 14.6. The molecular formula is C34H24N2. The van der Waals surface area contributed by atoms with Gasteiger partial charge in [0, 0.05) is 58.2 Å². The molecule has 0 spiro atoms. The number of rotatable bonds is 5. The van der Waals surface area contributed by atoms with Gasteiger partial charge in [0.1, 0.15) is 0 Å². The average molecular weight is 461 g/mol. The lowest BCUT2D eigenvalue weighted by Gasteiger charge is -2.21. The van der Waals surface area contributed by atoms with Crippen molar-refractivity contribution >= 4 is 0 Å². The van der Waals surface area contributed by atoms with Crippen molar-refractivity contribution in [3.05, 3.63) is 146 Å². The topological polar surface area (TPSA) is 25.8 Å². The molecular weight excluding hydrogens is 436 g/mol. The van der Waals surface area contributed by atoms with Crippen LogP contribution in [0.2, 0.25) is 0 Å². The third-order valence-corrected chi connectivity index (χ3v) is 6.48. The molecule has 0 aliphatic carbocycles. The van der Waals surface area contributed by atoms with Gasteiger partial charge in [0.25, 0.3) is 0 Å². The van der Waals surface area contributed by atoms with E-state index < -0.39 is 0 Å². The number of pyridine rings is 2. The SMILES string of the molecule is c1ccc(-c2cncc(-c3ccccc3)c2-c2c(-c3ccccc3)cncc2-c2ccccc2)cc1. The third-order valence-electron chi connectivity index (χ3n) is 6.48. The maximum Gasteiger partial charge on any atom is 0.0353 e. The molecule has 0 aliphatic rings. The van der Waals surface area contributed by atoms with Gasteiger partial charge in [0.15, 0.2) is 0 Å². The van der Waals surface area contributed by atoms with E-state index in [-0.39, 0.29) is 0 Å². The molecule has 4 aromatic carbocycles. The first-order valence-corrected chi connectivity index (χ1v) is 12.1. The number of benzene rings is 4. The Morgan fingerprint density at radius 2 is 0.500 bits per heavy atom. The van der Waals surface area contributed by atoms with Gasteiger partial charge in [-0.2, -0.15) is 0 Å². The first-order valence-electron chi connectivity index (χ1n) is 12.1. The molecule has 0 N–H and O–H groups in total. The summed E-state index contributed by atoms with van der Waals surface area (Å²) in [6, 6.07) is 42.1. The van der Waals surface area contributed by atoms with E-state index in [0.717, 1.165) is 55.6 Å². The van der Waals surface area contributed by atoms with E-state index >= 15 is 0 Å². The number of hydrogen-bond acceptors (Lipinski definition) is 2. The Morgan fingerprint density at radius 3 is 0.722 bits per heavy atom. The Kier molecular flexibility index (Phi) is 5.91. The van der Waals surface area contributed by atoms with Crippen LogP contribution in [0.4, 0.5) is 0 Å². The summed E-state index contributed by atoms with van der Waals surface area (Å²) in [4.78, 5) is 9.43. The molecule has 36 heavy (non-hydrogen) atoms. The highest BCUT2D eigenvalue weighted by Gasteiger charge is 2.22. The minimum atomic E-state index is 1.09. The maximum absolute atomic E-state index is 4.71. The van der Waals surface area contributed by atoms with Crippen LogP contribution in [0.1, 0.15) is 0 Å². The van der Waals surface area contributed by atoms with Gasteiger partial charge in [-0.3, -0.25) is 9.97 Å². The molecule has 6 rings (SSSR count). The molecule has 0 radical (unpaired) electrons. The van der Waals surface area contributed by atoms with Crippen molar-refractivity contribution < 1.29 is 0 Å². The molecule has 0 unspecified atom stereocenters. The van der Waals surface area contributed by atoms with E-state index in [4.69, 9.17) is 9.97 Å². The highest BCUT2D eigenvalue weighted by molar-refractivity contribution is 6.04. The first kappa shape index (κ1) is 21.7. The Balaban J connectivity index is 1.77. The zero-order valence-corrected chi connectivity index (χ0v) is 19.8. The molecule has 0 saturated heterocycles. The molecule has 2 heteroatoms. The predicted octanol–water partition coefficient (Wildman–Crippen LogP) is 8.81. The Hall–Kier alpha value is -4.82. The van der Waals surface area contributed by atoms with Gasteiger partial charge in [-0.05, 0) is 22.3 Å². The van der Waals surface area contributed by atoms with E-state index in [2.05, 4.69) is 121 Å². The smallest absolute Gasteiger partial charge is 0.0353 e. The summed E-state index contributed by atoms with van der Waals surface area (Å²) in [5, 5.41) is 0. The normalized spacial score (nSPS) is 10.8. The number of aromatic nitrogens is 2. The summed E-state index contributed by atoms with van der Waals surface area (Å²) < 4.78 is 0. The quantitative estimate of drug-likeness (QED) is 0.257. The lowest BCUT2D eigenvalue weighted by atomic mass is 9.83. The monoisotopic (exact) mass is 460 g/mol. The molecule has 2 nitrogen and oxygen atoms in total. The van der Waals surface area contributed by atoms with E-state index in [1.807, 2.05) is 24.8 Å². The lowest BCUT2D eigenvalue weighted by Crippen LogP contribution is -1.98.